The van der Waals surface area contributed by atoms with Gasteiger partial charge in [0.15, 0.2) is 5.82 Å². The van der Waals surface area contributed by atoms with Crippen molar-refractivity contribution in [3.8, 4) is 5.82 Å². The van der Waals surface area contributed by atoms with Crippen LogP contribution in [0.3, 0.4) is 0 Å². The van der Waals surface area contributed by atoms with E-state index in [1.54, 1.807) is 11.0 Å². The van der Waals surface area contributed by atoms with Gasteiger partial charge in [-0.1, -0.05) is 27.2 Å². The summed E-state index contributed by atoms with van der Waals surface area (Å²) in [5, 5.41) is 7.63. The fourth-order valence-corrected chi connectivity index (χ4v) is 2.07. The van der Waals surface area contributed by atoms with E-state index in [2.05, 4.69) is 53.3 Å². The first kappa shape index (κ1) is 14.7. The minimum Gasteiger partial charge on any atom is -0.312 e. The number of nitrogens with zero attached hydrogens (tertiary/aromatic N) is 4. The maximum atomic E-state index is 4.64. The molecule has 2 aromatic rings. The molecule has 20 heavy (non-hydrogen) atoms. The summed E-state index contributed by atoms with van der Waals surface area (Å²) in [5.74, 6) is 1.50. The minimum atomic E-state index is 0.654. The maximum Gasteiger partial charge on any atom is 0.155 e. The molecule has 0 spiro atoms. The van der Waals surface area contributed by atoms with Crippen molar-refractivity contribution in [1.29, 1.82) is 0 Å². The van der Waals surface area contributed by atoms with Gasteiger partial charge in [0.05, 0.1) is 0 Å². The Bertz CT molecular complexity index is 519. The molecule has 0 saturated heterocycles. The minimum absolute atomic E-state index is 0.654. The third kappa shape index (κ3) is 4.13. The average Bonchev–Trinajstić information content (AvgIpc) is 2.92. The highest BCUT2D eigenvalue weighted by Gasteiger charge is 2.05. The fraction of sp³-hybridized carbons (Fsp3) is 0.533. The van der Waals surface area contributed by atoms with E-state index in [0.717, 1.165) is 37.4 Å². The SMILES string of the molecule is CCCc1cc(CNCC(C)C)cc(-n2cncn2)n1. The quantitative estimate of drug-likeness (QED) is 0.841. The highest BCUT2D eigenvalue weighted by Crippen LogP contribution is 2.11. The molecule has 0 atom stereocenters. The number of pyridine rings is 1. The second-order valence-electron chi connectivity index (χ2n) is 5.44. The predicted octanol–water partition coefficient (Wildman–Crippen LogP) is 2.36. The van der Waals surface area contributed by atoms with Crippen LogP contribution in [0.5, 0.6) is 0 Å². The van der Waals surface area contributed by atoms with E-state index in [1.807, 2.05) is 0 Å². The summed E-state index contributed by atoms with van der Waals surface area (Å²) in [7, 11) is 0. The molecule has 2 rings (SSSR count). The molecule has 0 aliphatic rings. The van der Waals surface area contributed by atoms with Crippen molar-refractivity contribution in [2.24, 2.45) is 5.92 Å². The summed E-state index contributed by atoms with van der Waals surface area (Å²) in [6, 6.07) is 4.25. The largest absolute Gasteiger partial charge is 0.312 e. The topological polar surface area (TPSA) is 55.6 Å². The third-order valence-corrected chi connectivity index (χ3v) is 2.97. The zero-order valence-electron chi connectivity index (χ0n) is 12.5. The first-order valence-electron chi connectivity index (χ1n) is 7.24. The second-order valence-corrected chi connectivity index (χ2v) is 5.44. The van der Waals surface area contributed by atoms with Crippen molar-refractivity contribution >= 4 is 0 Å². The predicted molar refractivity (Wildman–Crippen MR) is 79.7 cm³/mol. The van der Waals surface area contributed by atoms with Gasteiger partial charge in [0, 0.05) is 12.2 Å². The highest BCUT2D eigenvalue weighted by atomic mass is 15.3. The molecule has 0 aromatic carbocycles. The van der Waals surface area contributed by atoms with Gasteiger partial charge >= 0.3 is 0 Å². The Kier molecular flexibility index (Phi) is 5.24. The summed E-state index contributed by atoms with van der Waals surface area (Å²) < 4.78 is 1.71. The monoisotopic (exact) mass is 273 g/mol. The zero-order valence-corrected chi connectivity index (χ0v) is 12.5. The lowest BCUT2D eigenvalue weighted by Crippen LogP contribution is -2.19. The van der Waals surface area contributed by atoms with Crippen molar-refractivity contribution in [3.05, 3.63) is 36.0 Å². The molecule has 0 amide bonds. The maximum absolute atomic E-state index is 4.64. The Balaban J connectivity index is 2.17. The van der Waals surface area contributed by atoms with Gasteiger partial charge in [0.1, 0.15) is 12.7 Å². The first-order valence-corrected chi connectivity index (χ1v) is 7.24. The third-order valence-electron chi connectivity index (χ3n) is 2.97. The Hall–Kier alpha value is -1.75. The first-order chi connectivity index (χ1) is 9.69. The van der Waals surface area contributed by atoms with Gasteiger partial charge < -0.3 is 5.32 Å². The van der Waals surface area contributed by atoms with E-state index >= 15 is 0 Å². The Morgan fingerprint density at radius 3 is 2.80 bits per heavy atom. The molecule has 0 aliphatic heterocycles. The van der Waals surface area contributed by atoms with Crippen LogP contribution in [0.25, 0.3) is 5.82 Å². The number of hydrogen-bond donors (Lipinski definition) is 1. The van der Waals surface area contributed by atoms with Crippen LogP contribution in [0.4, 0.5) is 0 Å². The van der Waals surface area contributed by atoms with E-state index in [-0.39, 0.29) is 0 Å². The fourth-order valence-electron chi connectivity index (χ4n) is 2.07. The number of aryl methyl sites for hydroxylation is 1. The van der Waals surface area contributed by atoms with Crippen molar-refractivity contribution in [2.75, 3.05) is 6.54 Å². The molecule has 5 heteroatoms. The molecule has 0 radical (unpaired) electrons. The van der Waals surface area contributed by atoms with E-state index < -0.39 is 0 Å². The molecule has 0 aliphatic carbocycles. The van der Waals surface area contributed by atoms with Crippen LogP contribution in [-0.4, -0.2) is 26.3 Å². The summed E-state index contributed by atoms with van der Waals surface area (Å²) >= 11 is 0. The zero-order chi connectivity index (χ0) is 14.4. The number of hydrogen-bond acceptors (Lipinski definition) is 4. The van der Waals surface area contributed by atoms with Crippen LogP contribution in [0.2, 0.25) is 0 Å². The van der Waals surface area contributed by atoms with Gasteiger partial charge in [-0.15, -0.1) is 0 Å². The summed E-state index contributed by atoms with van der Waals surface area (Å²) in [6.07, 6.45) is 5.29. The van der Waals surface area contributed by atoms with Crippen LogP contribution in [0, 0.1) is 5.92 Å². The van der Waals surface area contributed by atoms with Crippen molar-refractivity contribution in [3.63, 3.8) is 0 Å². The Labute approximate surface area is 120 Å². The van der Waals surface area contributed by atoms with Crippen LogP contribution in [0.1, 0.15) is 38.4 Å². The lowest BCUT2D eigenvalue weighted by molar-refractivity contribution is 0.551. The van der Waals surface area contributed by atoms with Gasteiger partial charge in [0.25, 0.3) is 0 Å². The van der Waals surface area contributed by atoms with E-state index in [9.17, 15) is 0 Å². The summed E-state index contributed by atoms with van der Waals surface area (Å²) in [5.41, 5.74) is 2.36. The molecule has 1 N–H and O–H groups in total. The van der Waals surface area contributed by atoms with Gasteiger partial charge in [-0.25, -0.2) is 14.6 Å². The lowest BCUT2D eigenvalue weighted by Gasteiger charge is -2.10. The number of nitrogens with one attached hydrogen (secondary N) is 1. The molecule has 0 unspecified atom stereocenters. The van der Waals surface area contributed by atoms with Crippen LogP contribution < -0.4 is 5.32 Å². The molecule has 108 valence electrons. The molecule has 5 nitrogen and oxygen atoms in total. The number of rotatable bonds is 7. The lowest BCUT2D eigenvalue weighted by atomic mass is 10.1. The summed E-state index contributed by atoms with van der Waals surface area (Å²) in [4.78, 5) is 8.63. The van der Waals surface area contributed by atoms with Crippen molar-refractivity contribution in [1.82, 2.24) is 25.1 Å². The Morgan fingerprint density at radius 2 is 2.15 bits per heavy atom. The molecule has 0 bridgehead atoms. The number of aromatic nitrogens is 4. The molecule has 0 saturated carbocycles. The van der Waals surface area contributed by atoms with E-state index in [1.165, 1.54) is 11.9 Å². The summed E-state index contributed by atoms with van der Waals surface area (Å²) in [6.45, 7) is 8.47. The standard InChI is InChI=1S/C15H23N5/c1-4-5-14-6-13(9-16-8-12(2)3)7-15(19-14)20-11-17-10-18-20/h6-7,10-12,16H,4-5,8-9H2,1-3H3. The molecule has 2 heterocycles. The van der Waals surface area contributed by atoms with Crippen molar-refractivity contribution in [2.45, 2.75) is 40.2 Å². The van der Waals surface area contributed by atoms with Crippen LogP contribution in [0.15, 0.2) is 24.8 Å². The van der Waals surface area contributed by atoms with Crippen molar-refractivity contribution < 1.29 is 0 Å². The highest BCUT2D eigenvalue weighted by molar-refractivity contribution is 5.30. The van der Waals surface area contributed by atoms with Gasteiger partial charge in [0.2, 0.25) is 0 Å². The van der Waals surface area contributed by atoms with Gasteiger partial charge in [-0.05, 0) is 36.6 Å². The average molecular weight is 273 g/mol. The van der Waals surface area contributed by atoms with E-state index in [0.29, 0.717) is 5.92 Å². The van der Waals surface area contributed by atoms with Gasteiger partial charge in [-0.2, -0.15) is 5.10 Å². The molecule has 2 aromatic heterocycles. The van der Waals surface area contributed by atoms with Gasteiger partial charge in [-0.3, -0.25) is 0 Å². The molecular weight excluding hydrogens is 250 g/mol. The second kappa shape index (κ2) is 7.14. The molecule has 0 fully saturated rings. The normalized spacial score (nSPS) is 11.2. The van der Waals surface area contributed by atoms with Crippen LogP contribution in [-0.2, 0) is 13.0 Å². The van der Waals surface area contributed by atoms with Crippen LogP contribution >= 0.6 is 0 Å². The smallest absolute Gasteiger partial charge is 0.155 e. The van der Waals surface area contributed by atoms with E-state index in [4.69, 9.17) is 0 Å². The molecular formula is C15H23N5. The Morgan fingerprint density at radius 1 is 1.30 bits per heavy atom.